The van der Waals surface area contributed by atoms with Gasteiger partial charge in [-0.05, 0) is 29.0 Å². The molecule has 146 valence electrons. The summed E-state index contributed by atoms with van der Waals surface area (Å²) in [5.74, 6) is 0.994. The minimum atomic E-state index is -0.00779. The lowest BCUT2D eigenvalue weighted by atomic mass is 9.91. The molecular formula is C21H31N5O. The number of amides is 2. The molecule has 0 bridgehead atoms. The third-order valence-electron chi connectivity index (χ3n) is 5.42. The standard InChI is InChI=1S/C21H31N5O/c1-16(2)19-14-25(15-20(19)23-21(27)24(3)4)12-17-8-5-6-9-18(17)13-26-11-7-10-22-26/h5-11,16,19-20H,12-15H2,1-4H3,(H,23,27)/t19-,20+/m0/s1. The van der Waals surface area contributed by atoms with Crippen molar-refractivity contribution in [1.82, 2.24) is 24.9 Å². The minimum absolute atomic E-state index is 0.00779. The molecule has 1 saturated heterocycles. The van der Waals surface area contributed by atoms with Gasteiger partial charge in [-0.2, -0.15) is 5.10 Å². The van der Waals surface area contributed by atoms with Gasteiger partial charge in [-0.1, -0.05) is 38.1 Å². The van der Waals surface area contributed by atoms with E-state index in [2.05, 4.69) is 53.4 Å². The number of hydrogen-bond donors (Lipinski definition) is 1. The molecule has 1 aliphatic heterocycles. The summed E-state index contributed by atoms with van der Waals surface area (Å²) in [7, 11) is 3.58. The monoisotopic (exact) mass is 369 g/mol. The van der Waals surface area contributed by atoms with Crippen LogP contribution in [0.15, 0.2) is 42.7 Å². The van der Waals surface area contributed by atoms with Gasteiger partial charge in [0.2, 0.25) is 0 Å². The topological polar surface area (TPSA) is 53.4 Å². The van der Waals surface area contributed by atoms with Gasteiger partial charge in [0.25, 0.3) is 0 Å². The van der Waals surface area contributed by atoms with Gasteiger partial charge in [0, 0.05) is 52.2 Å². The van der Waals surface area contributed by atoms with Crippen molar-refractivity contribution in [2.24, 2.45) is 11.8 Å². The maximum absolute atomic E-state index is 12.2. The molecule has 1 fully saturated rings. The van der Waals surface area contributed by atoms with E-state index < -0.39 is 0 Å². The molecule has 1 N–H and O–H groups in total. The SMILES string of the molecule is CC(C)[C@@H]1CN(Cc2ccccc2Cn2cccn2)C[C@H]1NC(=O)N(C)C. The number of carbonyl (C=O) groups is 1. The third kappa shape index (κ3) is 4.89. The van der Waals surface area contributed by atoms with Crippen molar-refractivity contribution in [3.63, 3.8) is 0 Å². The summed E-state index contributed by atoms with van der Waals surface area (Å²) in [5, 5.41) is 7.54. The Kier molecular flexibility index (Phi) is 6.16. The Hall–Kier alpha value is -2.34. The van der Waals surface area contributed by atoms with Gasteiger partial charge in [-0.3, -0.25) is 9.58 Å². The number of aromatic nitrogens is 2. The van der Waals surface area contributed by atoms with Crippen LogP contribution in [-0.2, 0) is 13.1 Å². The quantitative estimate of drug-likeness (QED) is 0.852. The first-order valence-electron chi connectivity index (χ1n) is 9.68. The van der Waals surface area contributed by atoms with Crippen LogP contribution in [0.1, 0.15) is 25.0 Å². The van der Waals surface area contributed by atoms with E-state index >= 15 is 0 Å². The highest BCUT2D eigenvalue weighted by molar-refractivity contribution is 5.73. The van der Waals surface area contributed by atoms with Gasteiger partial charge >= 0.3 is 6.03 Å². The van der Waals surface area contributed by atoms with E-state index in [9.17, 15) is 4.79 Å². The highest BCUT2D eigenvalue weighted by atomic mass is 16.2. The molecule has 2 heterocycles. The van der Waals surface area contributed by atoms with Crippen molar-refractivity contribution in [1.29, 1.82) is 0 Å². The van der Waals surface area contributed by atoms with Crippen LogP contribution in [0.25, 0.3) is 0 Å². The lowest BCUT2D eigenvalue weighted by Crippen LogP contribution is -2.46. The Balaban J connectivity index is 1.70. The normalized spacial score (nSPS) is 20.2. The van der Waals surface area contributed by atoms with Crippen molar-refractivity contribution in [2.45, 2.75) is 33.0 Å². The van der Waals surface area contributed by atoms with Crippen molar-refractivity contribution in [3.8, 4) is 0 Å². The molecule has 2 amide bonds. The summed E-state index contributed by atoms with van der Waals surface area (Å²) in [4.78, 5) is 16.2. The van der Waals surface area contributed by atoms with Gasteiger partial charge in [-0.25, -0.2) is 4.79 Å². The predicted octanol–water partition coefficient (Wildman–Crippen LogP) is 2.66. The molecule has 27 heavy (non-hydrogen) atoms. The molecule has 1 aromatic heterocycles. The number of rotatable bonds is 6. The fourth-order valence-electron chi connectivity index (χ4n) is 3.83. The zero-order valence-electron chi connectivity index (χ0n) is 16.8. The molecule has 0 unspecified atom stereocenters. The fraction of sp³-hybridized carbons (Fsp3) is 0.524. The average molecular weight is 370 g/mol. The predicted molar refractivity (Wildman–Crippen MR) is 107 cm³/mol. The first kappa shape index (κ1) is 19.4. The first-order chi connectivity index (χ1) is 12.9. The second-order valence-electron chi connectivity index (χ2n) is 8.02. The summed E-state index contributed by atoms with van der Waals surface area (Å²) in [6, 6.07) is 10.7. The zero-order chi connectivity index (χ0) is 19.4. The van der Waals surface area contributed by atoms with E-state index in [4.69, 9.17) is 0 Å². The molecule has 2 atom stereocenters. The minimum Gasteiger partial charge on any atom is -0.334 e. The van der Waals surface area contributed by atoms with Crippen LogP contribution in [0.4, 0.5) is 4.79 Å². The number of hydrogen-bond acceptors (Lipinski definition) is 3. The summed E-state index contributed by atoms with van der Waals surface area (Å²) in [6.07, 6.45) is 3.81. The number of benzene rings is 1. The summed E-state index contributed by atoms with van der Waals surface area (Å²) < 4.78 is 1.96. The van der Waals surface area contributed by atoms with E-state index in [-0.39, 0.29) is 12.1 Å². The van der Waals surface area contributed by atoms with Gasteiger partial charge in [0.05, 0.1) is 6.54 Å². The Morgan fingerprint density at radius 1 is 1.19 bits per heavy atom. The first-order valence-corrected chi connectivity index (χ1v) is 9.68. The zero-order valence-corrected chi connectivity index (χ0v) is 16.8. The van der Waals surface area contributed by atoms with E-state index in [1.807, 2.05) is 23.1 Å². The number of nitrogens with zero attached hydrogens (tertiary/aromatic N) is 4. The molecule has 2 aromatic rings. The van der Waals surface area contributed by atoms with Crippen LogP contribution in [0.5, 0.6) is 0 Å². The molecule has 6 nitrogen and oxygen atoms in total. The number of carbonyl (C=O) groups excluding carboxylic acids is 1. The van der Waals surface area contributed by atoms with E-state index in [0.717, 1.165) is 26.2 Å². The van der Waals surface area contributed by atoms with Crippen LogP contribution in [0, 0.1) is 11.8 Å². The highest BCUT2D eigenvalue weighted by Gasteiger charge is 2.35. The average Bonchev–Trinajstić information content (AvgIpc) is 3.26. The number of likely N-dealkylation sites (tertiary alicyclic amines) is 1. The number of nitrogens with one attached hydrogen (secondary N) is 1. The van der Waals surface area contributed by atoms with E-state index in [1.165, 1.54) is 11.1 Å². The molecule has 1 aromatic carbocycles. The van der Waals surface area contributed by atoms with Gasteiger partial charge in [0.15, 0.2) is 0 Å². The molecule has 0 spiro atoms. The molecule has 0 aliphatic carbocycles. The van der Waals surface area contributed by atoms with Crippen LogP contribution in [-0.4, -0.2) is 58.8 Å². The Labute approximate surface area is 162 Å². The molecule has 0 radical (unpaired) electrons. The smallest absolute Gasteiger partial charge is 0.317 e. The second kappa shape index (κ2) is 8.57. The molecule has 0 saturated carbocycles. The highest BCUT2D eigenvalue weighted by Crippen LogP contribution is 2.26. The maximum atomic E-state index is 12.2. The molecular weight excluding hydrogens is 338 g/mol. The Bertz CT molecular complexity index is 741. The maximum Gasteiger partial charge on any atom is 0.317 e. The Morgan fingerprint density at radius 2 is 1.89 bits per heavy atom. The van der Waals surface area contributed by atoms with Crippen molar-refractivity contribution in [3.05, 3.63) is 53.9 Å². The van der Waals surface area contributed by atoms with Gasteiger partial charge in [0.1, 0.15) is 0 Å². The summed E-state index contributed by atoms with van der Waals surface area (Å²) >= 11 is 0. The van der Waals surface area contributed by atoms with Gasteiger partial charge < -0.3 is 10.2 Å². The van der Waals surface area contributed by atoms with E-state index in [1.54, 1.807) is 19.0 Å². The Morgan fingerprint density at radius 3 is 2.48 bits per heavy atom. The molecule has 1 aliphatic rings. The van der Waals surface area contributed by atoms with Gasteiger partial charge in [-0.15, -0.1) is 0 Å². The summed E-state index contributed by atoms with van der Waals surface area (Å²) in [5.41, 5.74) is 2.62. The van der Waals surface area contributed by atoms with Crippen LogP contribution in [0.2, 0.25) is 0 Å². The van der Waals surface area contributed by atoms with Crippen LogP contribution < -0.4 is 5.32 Å². The van der Waals surface area contributed by atoms with Crippen molar-refractivity contribution >= 4 is 6.03 Å². The van der Waals surface area contributed by atoms with Crippen LogP contribution >= 0.6 is 0 Å². The summed E-state index contributed by atoms with van der Waals surface area (Å²) in [6.45, 7) is 8.06. The second-order valence-corrected chi connectivity index (χ2v) is 8.02. The number of urea groups is 1. The van der Waals surface area contributed by atoms with Crippen molar-refractivity contribution < 1.29 is 4.79 Å². The van der Waals surface area contributed by atoms with Crippen molar-refractivity contribution in [2.75, 3.05) is 27.2 Å². The lowest BCUT2D eigenvalue weighted by molar-refractivity contribution is 0.207. The largest absolute Gasteiger partial charge is 0.334 e. The lowest BCUT2D eigenvalue weighted by Gasteiger charge is -2.24. The molecule has 6 heteroatoms. The van der Waals surface area contributed by atoms with E-state index in [0.29, 0.717) is 11.8 Å². The fourth-order valence-corrected chi connectivity index (χ4v) is 3.83. The van der Waals surface area contributed by atoms with Crippen LogP contribution in [0.3, 0.4) is 0 Å². The third-order valence-corrected chi connectivity index (χ3v) is 5.42. The molecule has 3 rings (SSSR count).